The zero-order chi connectivity index (χ0) is 18.7. The van der Waals surface area contributed by atoms with E-state index in [1.165, 1.54) is 12.1 Å². The van der Waals surface area contributed by atoms with E-state index >= 15 is 0 Å². The fourth-order valence-corrected chi connectivity index (χ4v) is 3.68. The first-order valence-electron chi connectivity index (χ1n) is 9.29. The van der Waals surface area contributed by atoms with E-state index in [-0.39, 0.29) is 29.7 Å². The Balaban J connectivity index is 1.66. The van der Waals surface area contributed by atoms with E-state index in [2.05, 4.69) is 18.7 Å². The van der Waals surface area contributed by atoms with E-state index in [1.807, 2.05) is 54.3 Å². The largest absolute Gasteiger partial charge is 0.337 e. The standard InChI is InChI=1S/C22H27FN2O/c1-16-14-25(22(26)18(3)20-7-5-4-6-8-20)17(2)13-24(16)15-19-9-11-21(23)12-10-19/h4-12,16-18H,13-15H2,1-3H3/t16-,17+,18-/m0/s1. The Labute approximate surface area is 155 Å². The average Bonchev–Trinajstić information content (AvgIpc) is 2.65. The molecule has 26 heavy (non-hydrogen) atoms. The van der Waals surface area contributed by atoms with Crippen molar-refractivity contribution in [3.63, 3.8) is 0 Å². The van der Waals surface area contributed by atoms with Gasteiger partial charge in [-0.1, -0.05) is 42.5 Å². The molecule has 0 aromatic heterocycles. The van der Waals surface area contributed by atoms with Crippen molar-refractivity contribution in [3.8, 4) is 0 Å². The molecule has 0 saturated carbocycles. The van der Waals surface area contributed by atoms with Crippen molar-refractivity contribution in [2.45, 2.75) is 45.3 Å². The summed E-state index contributed by atoms with van der Waals surface area (Å²) < 4.78 is 13.1. The molecule has 1 amide bonds. The minimum Gasteiger partial charge on any atom is -0.337 e. The molecule has 0 bridgehead atoms. The second kappa shape index (κ2) is 8.00. The van der Waals surface area contributed by atoms with Gasteiger partial charge in [-0.25, -0.2) is 4.39 Å². The van der Waals surface area contributed by atoms with Crippen LogP contribution in [0.4, 0.5) is 4.39 Å². The molecule has 0 aliphatic carbocycles. The van der Waals surface area contributed by atoms with Crippen LogP contribution in [-0.4, -0.2) is 40.9 Å². The van der Waals surface area contributed by atoms with Crippen molar-refractivity contribution in [1.82, 2.24) is 9.80 Å². The van der Waals surface area contributed by atoms with Gasteiger partial charge in [-0.15, -0.1) is 0 Å². The predicted octanol–water partition coefficient (Wildman–Crippen LogP) is 4.05. The number of rotatable bonds is 4. The monoisotopic (exact) mass is 354 g/mol. The maximum atomic E-state index is 13.1. The molecular weight excluding hydrogens is 327 g/mol. The molecule has 3 atom stereocenters. The van der Waals surface area contributed by atoms with Crippen molar-refractivity contribution in [1.29, 1.82) is 0 Å². The van der Waals surface area contributed by atoms with Crippen LogP contribution in [0.5, 0.6) is 0 Å². The van der Waals surface area contributed by atoms with Gasteiger partial charge in [-0.05, 0) is 44.0 Å². The molecule has 3 rings (SSSR count). The van der Waals surface area contributed by atoms with Crippen LogP contribution in [0.25, 0.3) is 0 Å². The van der Waals surface area contributed by atoms with Crippen LogP contribution >= 0.6 is 0 Å². The van der Waals surface area contributed by atoms with Gasteiger partial charge >= 0.3 is 0 Å². The Morgan fingerprint density at radius 1 is 1.04 bits per heavy atom. The van der Waals surface area contributed by atoms with Crippen LogP contribution in [0.15, 0.2) is 54.6 Å². The first kappa shape index (κ1) is 18.6. The van der Waals surface area contributed by atoms with E-state index in [9.17, 15) is 9.18 Å². The summed E-state index contributed by atoms with van der Waals surface area (Å²) in [5.41, 5.74) is 2.16. The summed E-state index contributed by atoms with van der Waals surface area (Å²) in [7, 11) is 0. The van der Waals surface area contributed by atoms with Crippen LogP contribution in [0, 0.1) is 5.82 Å². The third-order valence-corrected chi connectivity index (χ3v) is 5.37. The number of piperazine rings is 1. The van der Waals surface area contributed by atoms with Crippen molar-refractivity contribution >= 4 is 5.91 Å². The SMILES string of the molecule is C[C@H](C(=O)N1C[C@H](C)N(Cc2ccc(F)cc2)C[C@H]1C)c1ccccc1. The molecule has 1 fully saturated rings. The van der Waals surface area contributed by atoms with Crippen LogP contribution in [0.2, 0.25) is 0 Å². The molecule has 3 nitrogen and oxygen atoms in total. The highest BCUT2D eigenvalue weighted by molar-refractivity contribution is 5.83. The Bertz CT molecular complexity index is 732. The third kappa shape index (κ3) is 4.13. The van der Waals surface area contributed by atoms with Crippen molar-refractivity contribution in [2.75, 3.05) is 13.1 Å². The summed E-state index contributed by atoms with van der Waals surface area (Å²) in [6, 6.07) is 17.1. The van der Waals surface area contributed by atoms with Crippen LogP contribution in [0.3, 0.4) is 0 Å². The molecule has 1 saturated heterocycles. The highest BCUT2D eigenvalue weighted by Gasteiger charge is 2.34. The third-order valence-electron chi connectivity index (χ3n) is 5.37. The number of hydrogen-bond donors (Lipinski definition) is 0. The van der Waals surface area contributed by atoms with Crippen molar-refractivity contribution < 1.29 is 9.18 Å². The molecule has 1 aliphatic heterocycles. The lowest BCUT2D eigenvalue weighted by Crippen LogP contribution is -2.58. The molecule has 0 unspecified atom stereocenters. The summed E-state index contributed by atoms with van der Waals surface area (Å²) in [4.78, 5) is 17.4. The summed E-state index contributed by atoms with van der Waals surface area (Å²) in [6.07, 6.45) is 0. The van der Waals surface area contributed by atoms with Gasteiger partial charge in [0.15, 0.2) is 0 Å². The smallest absolute Gasteiger partial charge is 0.230 e. The maximum Gasteiger partial charge on any atom is 0.230 e. The second-order valence-corrected chi connectivity index (χ2v) is 7.38. The number of halogens is 1. The number of hydrogen-bond acceptors (Lipinski definition) is 2. The van der Waals surface area contributed by atoms with Gasteiger partial charge in [0.2, 0.25) is 5.91 Å². The van der Waals surface area contributed by atoms with E-state index in [0.29, 0.717) is 0 Å². The fraction of sp³-hybridized carbons (Fsp3) is 0.409. The molecule has 0 N–H and O–H groups in total. The highest BCUT2D eigenvalue weighted by atomic mass is 19.1. The van der Waals surface area contributed by atoms with E-state index in [4.69, 9.17) is 0 Å². The molecular formula is C22H27FN2O. The first-order valence-corrected chi connectivity index (χ1v) is 9.29. The number of nitrogens with zero attached hydrogens (tertiary/aromatic N) is 2. The summed E-state index contributed by atoms with van der Waals surface area (Å²) >= 11 is 0. The van der Waals surface area contributed by atoms with E-state index < -0.39 is 0 Å². The van der Waals surface area contributed by atoms with Gasteiger partial charge in [-0.3, -0.25) is 9.69 Å². The van der Waals surface area contributed by atoms with E-state index in [1.54, 1.807) is 0 Å². The quantitative estimate of drug-likeness (QED) is 0.827. The van der Waals surface area contributed by atoms with Crippen LogP contribution < -0.4 is 0 Å². The minimum absolute atomic E-state index is 0.130. The van der Waals surface area contributed by atoms with Gasteiger partial charge in [0.05, 0.1) is 5.92 Å². The van der Waals surface area contributed by atoms with Gasteiger partial charge in [0.25, 0.3) is 0 Å². The van der Waals surface area contributed by atoms with Crippen molar-refractivity contribution in [2.24, 2.45) is 0 Å². The zero-order valence-electron chi connectivity index (χ0n) is 15.7. The summed E-state index contributed by atoms with van der Waals surface area (Å²) in [5.74, 6) is -0.146. The molecule has 0 spiro atoms. The topological polar surface area (TPSA) is 23.6 Å². The average molecular weight is 354 g/mol. The van der Waals surface area contributed by atoms with Crippen LogP contribution in [-0.2, 0) is 11.3 Å². The van der Waals surface area contributed by atoms with Gasteiger partial charge in [-0.2, -0.15) is 0 Å². The Morgan fingerprint density at radius 3 is 2.35 bits per heavy atom. The highest BCUT2D eigenvalue weighted by Crippen LogP contribution is 2.24. The Kier molecular flexibility index (Phi) is 5.72. The van der Waals surface area contributed by atoms with Gasteiger partial charge in [0, 0.05) is 31.7 Å². The molecule has 0 radical (unpaired) electrons. The normalized spacial score (nSPS) is 22.2. The lowest BCUT2D eigenvalue weighted by Gasteiger charge is -2.45. The molecule has 4 heteroatoms. The number of carbonyl (C=O) groups is 1. The van der Waals surface area contributed by atoms with E-state index in [0.717, 1.165) is 30.8 Å². The minimum atomic E-state index is -0.208. The van der Waals surface area contributed by atoms with Crippen LogP contribution in [0.1, 0.15) is 37.8 Å². The Morgan fingerprint density at radius 2 is 1.69 bits per heavy atom. The molecule has 2 aromatic carbocycles. The number of benzene rings is 2. The van der Waals surface area contributed by atoms with Crippen molar-refractivity contribution in [3.05, 3.63) is 71.5 Å². The summed E-state index contributed by atoms with van der Waals surface area (Å²) in [6.45, 7) is 8.58. The zero-order valence-corrected chi connectivity index (χ0v) is 15.7. The fourth-order valence-electron chi connectivity index (χ4n) is 3.68. The number of amides is 1. The lowest BCUT2D eigenvalue weighted by molar-refractivity contribution is -0.138. The first-order chi connectivity index (χ1) is 12.5. The molecule has 138 valence electrons. The Hall–Kier alpha value is -2.20. The molecule has 2 aromatic rings. The maximum absolute atomic E-state index is 13.1. The predicted molar refractivity (Wildman–Crippen MR) is 102 cm³/mol. The molecule has 1 heterocycles. The van der Waals surface area contributed by atoms with Gasteiger partial charge < -0.3 is 4.90 Å². The number of carbonyl (C=O) groups excluding carboxylic acids is 1. The second-order valence-electron chi connectivity index (χ2n) is 7.38. The summed E-state index contributed by atoms with van der Waals surface area (Å²) in [5, 5.41) is 0. The molecule has 1 aliphatic rings. The van der Waals surface area contributed by atoms with Gasteiger partial charge in [0.1, 0.15) is 5.82 Å². The lowest BCUT2D eigenvalue weighted by atomic mass is 9.97.